The predicted octanol–water partition coefficient (Wildman–Crippen LogP) is 4.02. The standard InChI is InChI=1S/C30H34N6O7/c1-35-8-10-39-25-13-20(6-7-24(25)35)34-28(37)18-36-17-21(16-33-36)43-30-22-14-26(38-2)27(15-23(22)31-19-32-30)40-11-12-42-29-5-3-4-9-41-29/h6-7,13-17,19,29H,3-5,8-12,18H2,1-2H3,(H,34,37). The molecule has 0 spiro atoms. The highest BCUT2D eigenvalue weighted by Gasteiger charge is 2.18. The molecule has 1 unspecified atom stereocenters. The highest BCUT2D eigenvalue weighted by atomic mass is 16.7. The summed E-state index contributed by atoms with van der Waals surface area (Å²) in [5.41, 5.74) is 2.26. The molecule has 0 radical (unpaired) electrons. The summed E-state index contributed by atoms with van der Waals surface area (Å²) < 4.78 is 36.1. The first-order chi connectivity index (χ1) is 21.1. The molecule has 0 aliphatic carbocycles. The maximum absolute atomic E-state index is 12.7. The average molecular weight is 591 g/mol. The van der Waals surface area contributed by atoms with Crippen molar-refractivity contribution in [2.45, 2.75) is 32.1 Å². The largest absolute Gasteiger partial charge is 0.493 e. The number of hydrogen-bond acceptors (Lipinski definition) is 11. The smallest absolute Gasteiger partial charge is 0.246 e. The van der Waals surface area contributed by atoms with E-state index >= 15 is 0 Å². The van der Waals surface area contributed by atoms with Crippen molar-refractivity contribution in [3.8, 4) is 28.9 Å². The Morgan fingerprint density at radius 2 is 2.05 bits per heavy atom. The molecule has 43 heavy (non-hydrogen) atoms. The monoisotopic (exact) mass is 590 g/mol. The summed E-state index contributed by atoms with van der Waals surface area (Å²) >= 11 is 0. The Bertz CT molecular complexity index is 1570. The van der Waals surface area contributed by atoms with Crippen LogP contribution in [0, 0.1) is 0 Å². The van der Waals surface area contributed by atoms with E-state index in [9.17, 15) is 4.79 Å². The van der Waals surface area contributed by atoms with Gasteiger partial charge >= 0.3 is 0 Å². The van der Waals surface area contributed by atoms with Crippen molar-refractivity contribution in [2.75, 3.05) is 57.3 Å². The van der Waals surface area contributed by atoms with Crippen molar-refractivity contribution in [1.29, 1.82) is 0 Å². The van der Waals surface area contributed by atoms with Crippen molar-refractivity contribution in [3.05, 3.63) is 49.1 Å². The Hall–Kier alpha value is -4.62. The van der Waals surface area contributed by atoms with Crippen molar-refractivity contribution in [3.63, 3.8) is 0 Å². The van der Waals surface area contributed by atoms with E-state index < -0.39 is 0 Å². The highest BCUT2D eigenvalue weighted by Crippen LogP contribution is 2.36. The maximum Gasteiger partial charge on any atom is 0.246 e. The molecule has 4 heterocycles. The maximum atomic E-state index is 12.7. The summed E-state index contributed by atoms with van der Waals surface area (Å²) in [7, 11) is 3.57. The number of aromatic nitrogens is 4. The van der Waals surface area contributed by atoms with Crippen LogP contribution in [-0.4, -0.2) is 79.1 Å². The quantitative estimate of drug-likeness (QED) is 0.254. The molecule has 13 heteroatoms. The van der Waals surface area contributed by atoms with Gasteiger partial charge in [-0.15, -0.1) is 0 Å². The Labute approximate surface area is 248 Å². The molecular formula is C30H34N6O7. The lowest BCUT2D eigenvalue weighted by atomic mass is 10.2. The minimum atomic E-state index is -0.236. The molecule has 0 saturated carbocycles. The van der Waals surface area contributed by atoms with Gasteiger partial charge in [-0.3, -0.25) is 9.48 Å². The summed E-state index contributed by atoms with van der Waals surface area (Å²) in [6.07, 6.45) is 7.46. The van der Waals surface area contributed by atoms with Gasteiger partial charge in [0.05, 0.1) is 49.2 Å². The number of methoxy groups -OCH3 is 1. The van der Waals surface area contributed by atoms with Crippen LogP contribution in [0.25, 0.3) is 10.9 Å². The molecule has 0 bridgehead atoms. The number of rotatable bonds is 11. The van der Waals surface area contributed by atoms with Gasteiger partial charge in [-0.2, -0.15) is 5.10 Å². The first kappa shape index (κ1) is 28.5. The van der Waals surface area contributed by atoms with Gasteiger partial charge in [0.2, 0.25) is 11.8 Å². The van der Waals surface area contributed by atoms with Crippen LogP contribution in [0.15, 0.2) is 49.1 Å². The summed E-state index contributed by atoms with van der Waals surface area (Å²) in [6, 6.07) is 9.15. The molecule has 2 aromatic heterocycles. The Morgan fingerprint density at radius 1 is 1.12 bits per heavy atom. The number of likely N-dealkylation sites (N-methyl/N-ethyl adjacent to an activating group) is 1. The lowest BCUT2D eigenvalue weighted by Gasteiger charge is -2.27. The fraction of sp³-hybridized carbons (Fsp3) is 0.400. The van der Waals surface area contributed by atoms with Crippen LogP contribution in [0.3, 0.4) is 0 Å². The van der Waals surface area contributed by atoms with Crippen LogP contribution < -0.4 is 29.2 Å². The Morgan fingerprint density at radius 3 is 2.91 bits per heavy atom. The molecule has 6 rings (SSSR count). The number of ether oxygens (including phenoxy) is 6. The predicted molar refractivity (Wildman–Crippen MR) is 157 cm³/mol. The fourth-order valence-electron chi connectivity index (χ4n) is 4.95. The first-order valence-corrected chi connectivity index (χ1v) is 14.2. The van der Waals surface area contributed by atoms with Crippen LogP contribution in [0.5, 0.6) is 28.9 Å². The molecule has 1 amide bonds. The van der Waals surface area contributed by atoms with Crippen LogP contribution in [0.2, 0.25) is 0 Å². The van der Waals surface area contributed by atoms with E-state index in [2.05, 4.69) is 25.3 Å². The van der Waals surface area contributed by atoms with Crippen LogP contribution >= 0.6 is 0 Å². The van der Waals surface area contributed by atoms with E-state index in [-0.39, 0.29) is 18.7 Å². The SMILES string of the molecule is COc1cc2c(Oc3cnn(CC(=O)Nc4ccc5c(c4)OCCN5C)c3)ncnc2cc1OCCOC1CCCCO1. The van der Waals surface area contributed by atoms with E-state index in [1.807, 2.05) is 25.2 Å². The molecule has 1 fully saturated rings. The van der Waals surface area contributed by atoms with Crippen LogP contribution in [0.1, 0.15) is 19.3 Å². The minimum absolute atomic E-state index is 0.00314. The molecule has 1 N–H and O–H groups in total. The summed E-state index contributed by atoms with van der Waals surface area (Å²) in [4.78, 5) is 23.5. The van der Waals surface area contributed by atoms with E-state index in [0.717, 1.165) is 43.9 Å². The second kappa shape index (κ2) is 13.1. The van der Waals surface area contributed by atoms with Crippen molar-refractivity contribution < 1.29 is 33.2 Å². The van der Waals surface area contributed by atoms with Gasteiger partial charge in [-0.1, -0.05) is 0 Å². The molecule has 1 atom stereocenters. The van der Waals surface area contributed by atoms with E-state index in [4.69, 9.17) is 28.4 Å². The first-order valence-electron chi connectivity index (χ1n) is 14.2. The summed E-state index contributed by atoms with van der Waals surface area (Å²) in [5.74, 6) is 2.28. The van der Waals surface area contributed by atoms with Gasteiger partial charge in [-0.25, -0.2) is 9.97 Å². The molecule has 2 aliphatic rings. The fourth-order valence-corrected chi connectivity index (χ4v) is 4.95. The zero-order valence-corrected chi connectivity index (χ0v) is 24.2. The third-order valence-electron chi connectivity index (χ3n) is 7.14. The number of amides is 1. The number of hydrogen-bond donors (Lipinski definition) is 1. The Kier molecular flexibility index (Phi) is 8.70. The minimum Gasteiger partial charge on any atom is -0.493 e. The van der Waals surface area contributed by atoms with Crippen LogP contribution in [-0.2, 0) is 20.8 Å². The van der Waals surface area contributed by atoms with Crippen molar-refractivity contribution in [1.82, 2.24) is 19.7 Å². The lowest BCUT2D eigenvalue weighted by Crippen LogP contribution is -2.28. The number of nitrogens with one attached hydrogen (secondary N) is 1. The van der Waals surface area contributed by atoms with Gasteiger partial charge in [-0.05, 0) is 37.5 Å². The number of benzene rings is 2. The molecule has 226 valence electrons. The molecule has 1 saturated heterocycles. The van der Waals surface area contributed by atoms with E-state index in [1.165, 1.54) is 17.2 Å². The molecule has 4 aromatic rings. The molecule has 13 nitrogen and oxygen atoms in total. The normalized spacial score (nSPS) is 16.3. The molecule has 2 aromatic carbocycles. The Balaban J connectivity index is 1.07. The number of nitrogens with zero attached hydrogens (tertiary/aromatic N) is 5. The van der Waals surface area contributed by atoms with E-state index in [0.29, 0.717) is 59.5 Å². The third-order valence-corrected chi connectivity index (χ3v) is 7.14. The van der Waals surface area contributed by atoms with E-state index in [1.54, 1.807) is 25.4 Å². The van der Waals surface area contributed by atoms with Crippen molar-refractivity contribution >= 4 is 28.2 Å². The van der Waals surface area contributed by atoms with Gasteiger partial charge in [0.25, 0.3) is 0 Å². The van der Waals surface area contributed by atoms with Gasteiger partial charge in [0, 0.05) is 31.5 Å². The highest BCUT2D eigenvalue weighted by molar-refractivity contribution is 5.91. The number of carbonyl (C=O) groups excluding carboxylic acids is 1. The third kappa shape index (κ3) is 6.89. The van der Waals surface area contributed by atoms with Gasteiger partial charge in [0.1, 0.15) is 31.8 Å². The van der Waals surface area contributed by atoms with Crippen LogP contribution in [0.4, 0.5) is 11.4 Å². The molecule has 2 aliphatic heterocycles. The van der Waals surface area contributed by atoms with Gasteiger partial charge < -0.3 is 38.6 Å². The topological polar surface area (TPSA) is 131 Å². The average Bonchev–Trinajstić information content (AvgIpc) is 3.46. The second-order valence-corrected chi connectivity index (χ2v) is 10.2. The zero-order chi connectivity index (χ0) is 29.6. The molecular weight excluding hydrogens is 556 g/mol. The summed E-state index contributed by atoms with van der Waals surface area (Å²) in [6.45, 7) is 2.88. The second-order valence-electron chi connectivity index (χ2n) is 10.2. The van der Waals surface area contributed by atoms with Crippen molar-refractivity contribution in [2.24, 2.45) is 0 Å². The lowest BCUT2D eigenvalue weighted by molar-refractivity contribution is -0.165. The van der Waals surface area contributed by atoms with Gasteiger partial charge in [0.15, 0.2) is 23.5 Å². The number of anilines is 2. The zero-order valence-electron chi connectivity index (χ0n) is 24.2. The summed E-state index contributed by atoms with van der Waals surface area (Å²) in [5, 5.41) is 7.79. The number of carbonyl (C=O) groups is 1. The number of fused-ring (bicyclic) bond motifs is 2.